The number of benzene rings is 1. The summed E-state index contributed by atoms with van der Waals surface area (Å²) >= 11 is 12.8. The molecule has 0 radical (unpaired) electrons. The van der Waals surface area contributed by atoms with Gasteiger partial charge in [-0.1, -0.05) is 30.1 Å². The van der Waals surface area contributed by atoms with Crippen molar-refractivity contribution < 1.29 is 4.39 Å². The molecule has 136 valence electrons. The summed E-state index contributed by atoms with van der Waals surface area (Å²) in [5.41, 5.74) is 0.970. The molecule has 0 saturated heterocycles. The SMILES string of the molecule is CC1(c2nc3c(Cl)cc(F)c(-c4c(Cl)n5n(c4=O)CCCC5)c3[nH]2)CC1. The normalized spacial score (nSPS) is 18.3. The zero-order chi connectivity index (χ0) is 18.2. The largest absolute Gasteiger partial charge is 0.341 e. The Hall–Kier alpha value is -1.79. The molecule has 0 unspecified atom stereocenters. The maximum atomic E-state index is 15.0. The number of halogens is 3. The molecule has 1 fully saturated rings. The fourth-order valence-electron chi connectivity index (χ4n) is 3.79. The van der Waals surface area contributed by atoms with Gasteiger partial charge in [-0.3, -0.25) is 9.48 Å². The number of H-pyrrole nitrogens is 1. The van der Waals surface area contributed by atoms with Gasteiger partial charge in [-0.2, -0.15) is 0 Å². The van der Waals surface area contributed by atoms with Crippen molar-refractivity contribution in [2.45, 2.75) is 51.1 Å². The number of imidazole rings is 1. The predicted molar refractivity (Wildman–Crippen MR) is 99.6 cm³/mol. The first kappa shape index (κ1) is 16.4. The van der Waals surface area contributed by atoms with Crippen molar-refractivity contribution >= 4 is 34.2 Å². The van der Waals surface area contributed by atoms with E-state index in [0.29, 0.717) is 24.1 Å². The van der Waals surface area contributed by atoms with E-state index in [1.54, 1.807) is 9.36 Å². The number of nitrogens with zero attached hydrogens (tertiary/aromatic N) is 3. The average Bonchev–Trinajstić information content (AvgIpc) is 3.12. The zero-order valence-electron chi connectivity index (χ0n) is 14.2. The van der Waals surface area contributed by atoms with Crippen LogP contribution < -0.4 is 5.56 Å². The van der Waals surface area contributed by atoms with Gasteiger partial charge >= 0.3 is 0 Å². The summed E-state index contributed by atoms with van der Waals surface area (Å²) in [6.07, 6.45) is 3.89. The van der Waals surface area contributed by atoms with Crippen molar-refractivity contribution in [3.05, 3.63) is 38.2 Å². The number of rotatable bonds is 2. The highest BCUT2D eigenvalue weighted by molar-refractivity contribution is 6.36. The highest BCUT2D eigenvalue weighted by Crippen LogP contribution is 2.48. The van der Waals surface area contributed by atoms with Crippen LogP contribution in [0.15, 0.2) is 10.9 Å². The molecule has 1 aliphatic carbocycles. The Morgan fingerprint density at radius 3 is 2.54 bits per heavy atom. The molecule has 8 heteroatoms. The smallest absolute Gasteiger partial charge is 0.276 e. The van der Waals surface area contributed by atoms with Crippen LogP contribution in [0.4, 0.5) is 4.39 Å². The lowest BCUT2D eigenvalue weighted by atomic mass is 10.1. The Bertz CT molecular complexity index is 1120. The fourth-order valence-corrected chi connectivity index (χ4v) is 4.37. The number of nitrogens with one attached hydrogen (secondary N) is 1. The molecule has 0 bridgehead atoms. The van der Waals surface area contributed by atoms with E-state index in [2.05, 4.69) is 16.9 Å². The lowest BCUT2D eigenvalue weighted by Crippen LogP contribution is -2.27. The van der Waals surface area contributed by atoms with E-state index in [-0.39, 0.29) is 32.3 Å². The van der Waals surface area contributed by atoms with Gasteiger partial charge < -0.3 is 4.98 Å². The molecular formula is C18H17Cl2FN4O. The first-order valence-electron chi connectivity index (χ1n) is 8.78. The van der Waals surface area contributed by atoms with Gasteiger partial charge in [0.05, 0.1) is 21.7 Å². The summed E-state index contributed by atoms with van der Waals surface area (Å²) in [6, 6.07) is 1.22. The minimum absolute atomic E-state index is 0.0328. The number of hydrogen-bond acceptors (Lipinski definition) is 2. The van der Waals surface area contributed by atoms with E-state index in [1.807, 2.05) is 0 Å². The molecule has 0 spiro atoms. The van der Waals surface area contributed by atoms with Gasteiger partial charge in [0.1, 0.15) is 22.3 Å². The summed E-state index contributed by atoms with van der Waals surface area (Å²) in [5, 5.41) is 0.499. The van der Waals surface area contributed by atoms with Crippen molar-refractivity contribution in [3.63, 3.8) is 0 Å². The second kappa shape index (κ2) is 5.36. The van der Waals surface area contributed by atoms with E-state index < -0.39 is 5.82 Å². The van der Waals surface area contributed by atoms with Crippen LogP contribution in [0.2, 0.25) is 10.2 Å². The highest BCUT2D eigenvalue weighted by Gasteiger charge is 2.42. The number of hydrogen-bond donors (Lipinski definition) is 1. The highest BCUT2D eigenvalue weighted by atomic mass is 35.5. The molecule has 5 rings (SSSR count). The molecular weight excluding hydrogens is 378 g/mol. The van der Waals surface area contributed by atoms with Crippen LogP contribution in [0.5, 0.6) is 0 Å². The third-order valence-corrected chi connectivity index (χ3v) is 6.33. The molecule has 3 heterocycles. The molecule has 5 nitrogen and oxygen atoms in total. The average molecular weight is 395 g/mol. The molecule has 26 heavy (non-hydrogen) atoms. The Morgan fingerprint density at radius 1 is 1.19 bits per heavy atom. The van der Waals surface area contributed by atoms with Crippen molar-refractivity contribution in [3.8, 4) is 11.1 Å². The first-order chi connectivity index (χ1) is 12.4. The van der Waals surface area contributed by atoms with Crippen LogP contribution in [0.3, 0.4) is 0 Å². The first-order valence-corrected chi connectivity index (χ1v) is 9.54. The van der Waals surface area contributed by atoms with Gasteiger partial charge in [0.2, 0.25) is 0 Å². The van der Waals surface area contributed by atoms with Crippen molar-refractivity contribution in [2.24, 2.45) is 0 Å². The maximum Gasteiger partial charge on any atom is 0.276 e. The third kappa shape index (κ3) is 2.15. The van der Waals surface area contributed by atoms with Gasteiger partial charge in [0, 0.05) is 18.5 Å². The zero-order valence-corrected chi connectivity index (χ0v) is 15.7. The van der Waals surface area contributed by atoms with Crippen molar-refractivity contribution in [2.75, 3.05) is 0 Å². The van der Waals surface area contributed by atoms with Gasteiger partial charge in [-0.05, 0) is 31.7 Å². The van der Waals surface area contributed by atoms with Crippen LogP contribution in [0.25, 0.3) is 22.2 Å². The molecule has 1 N–H and O–H groups in total. The van der Waals surface area contributed by atoms with Gasteiger partial charge in [-0.15, -0.1) is 0 Å². The molecule has 2 aliphatic rings. The monoisotopic (exact) mass is 394 g/mol. The molecule has 0 amide bonds. The number of fused-ring (bicyclic) bond motifs is 2. The summed E-state index contributed by atoms with van der Waals surface area (Å²) in [7, 11) is 0. The summed E-state index contributed by atoms with van der Waals surface area (Å²) in [6.45, 7) is 3.34. The van der Waals surface area contributed by atoms with Gasteiger partial charge in [0.15, 0.2) is 0 Å². The van der Waals surface area contributed by atoms with E-state index >= 15 is 0 Å². The van der Waals surface area contributed by atoms with E-state index in [9.17, 15) is 9.18 Å². The topological polar surface area (TPSA) is 55.6 Å². The van der Waals surface area contributed by atoms with Crippen LogP contribution in [0, 0.1) is 5.82 Å². The minimum atomic E-state index is -0.568. The van der Waals surface area contributed by atoms with Crippen LogP contribution in [-0.2, 0) is 18.5 Å². The summed E-state index contributed by atoms with van der Waals surface area (Å²) in [5.74, 6) is 0.211. The third-order valence-electron chi connectivity index (χ3n) is 5.66. The van der Waals surface area contributed by atoms with E-state index in [1.165, 1.54) is 6.07 Å². The molecule has 1 aromatic carbocycles. The van der Waals surface area contributed by atoms with E-state index in [0.717, 1.165) is 31.5 Å². The molecule has 2 aromatic heterocycles. The lowest BCUT2D eigenvalue weighted by molar-refractivity contribution is 0.356. The number of aromatic nitrogens is 4. The minimum Gasteiger partial charge on any atom is -0.341 e. The lowest BCUT2D eigenvalue weighted by Gasteiger charge is -2.17. The predicted octanol–water partition coefficient (Wildman–Crippen LogP) is 4.48. The molecule has 3 aromatic rings. The Labute approximate surface area is 158 Å². The molecule has 1 saturated carbocycles. The van der Waals surface area contributed by atoms with E-state index in [4.69, 9.17) is 23.2 Å². The second-order valence-electron chi connectivity index (χ2n) is 7.51. The van der Waals surface area contributed by atoms with Crippen molar-refractivity contribution in [1.82, 2.24) is 19.3 Å². The quantitative estimate of drug-likeness (QED) is 0.696. The molecule has 0 atom stereocenters. The van der Waals surface area contributed by atoms with Crippen LogP contribution in [0.1, 0.15) is 38.4 Å². The van der Waals surface area contributed by atoms with Gasteiger partial charge in [-0.25, -0.2) is 14.1 Å². The second-order valence-corrected chi connectivity index (χ2v) is 8.27. The standard InChI is InChI=1S/C18H17Cl2FN4O/c1-18(4-5-18)17-22-13-9(19)8-10(21)11(14(13)23-17)12-15(20)24-6-2-3-7-25(24)16(12)26/h8H,2-7H2,1H3,(H,22,23). The Morgan fingerprint density at radius 2 is 1.88 bits per heavy atom. The van der Waals surface area contributed by atoms with Crippen LogP contribution >= 0.6 is 23.2 Å². The van der Waals surface area contributed by atoms with Gasteiger partial charge in [0.25, 0.3) is 5.56 Å². The Balaban J connectivity index is 1.84. The fraction of sp³-hybridized carbons (Fsp3) is 0.444. The summed E-state index contributed by atoms with van der Waals surface area (Å²) in [4.78, 5) is 20.8. The maximum absolute atomic E-state index is 15.0. The molecule has 1 aliphatic heterocycles. The van der Waals surface area contributed by atoms with Crippen LogP contribution in [-0.4, -0.2) is 19.3 Å². The Kier molecular flexibility index (Phi) is 3.38. The number of aromatic amines is 1. The van der Waals surface area contributed by atoms with Crippen molar-refractivity contribution in [1.29, 1.82) is 0 Å². The summed E-state index contributed by atoms with van der Waals surface area (Å²) < 4.78 is 18.3.